The lowest BCUT2D eigenvalue weighted by Gasteiger charge is -2.07. The molecule has 0 aliphatic heterocycles. The quantitative estimate of drug-likeness (QED) is 0.650. The van der Waals surface area contributed by atoms with Crippen LogP contribution in [-0.2, 0) is 6.54 Å². The Hall–Kier alpha value is -2.63. The van der Waals surface area contributed by atoms with Gasteiger partial charge in [0.05, 0.1) is 4.92 Å². The van der Waals surface area contributed by atoms with E-state index in [1.54, 1.807) is 37.3 Å². The predicted octanol–water partition coefficient (Wildman–Crippen LogP) is 2.62. The minimum atomic E-state index is -0.443. The number of anilines is 1. The average molecular weight is 259 g/mol. The van der Waals surface area contributed by atoms with Gasteiger partial charge in [0.2, 0.25) is 5.82 Å². The SMILES string of the molecule is Cc1ccnc(NCc2ccc(O)cc2)c1[N+](=O)[O-]. The second-order valence-corrected chi connectivity index (χ2v) is 4.10. The van der Waals surface area contributed by atoms with Crippen LogP contribution in [0, 0.1) is 17.0 Å². The lowest BCUT2D eigenvalue weighted by Crippen LogP contribution is -2.05. The maximum Gasteiger partial charge on any atom is 0.314 e. The van der Waals surface area contributed by atoms with Crippen LogP contribution in [0.4, 0.5) is 11.5 Å². The number of pyridine rings is 1. The highest BCUT2D eigenvalue weighted by molar-refractivity contribution is 5.59. The molecular weight excluding hydrogens is 246 g/mol. The lowest BCUT2D eigenvalue weighted by atomic mass is 10.2. The van der Waals surface area contributed by atoms with Gasteiger partial charge in [-0.15, -0.1) is 0 Å². The summed E-state index contributed by atoms with van der Waals surface area (Å²) >= 11 is 0. The molecule has 2 N–H and O–H groups in total. The topological polar surface area (TPSA) is 88.3 Å². The van der Waals surface area contributed by atoms with Crippen molar-refractivity contribution in [3.05, 3.63) is 57.8 Å². The van der Waals surface area contributed by atoms with E-state index in [0.717, 1.165) is 5.56 Å². The molecule has 2 rings (SSSR count). The molecule has 1 aromatic carbocycles. The fraction of sp³-hybridized carbons (Fsp3) is 0.154. The standard InChI is InChI=1S/C13H13N3O3/c1-9-6-7-14-13(12(9)16(18)19)15-8-10-2-4-11(17)5-3-10/h2-7,17H,8H2,1H3,(H,14,15). The molecule has 6 nitrogen and oxygen atoms in total. The first-order chi connectivity index (χ1) is 9.08. The van der Waals surface area contributed by atoms with Crippen molar-refractivity contribution >= 4 is 11.5 Å². The highest BCUT2D eigenvalue weighted by atomic mass is 16.6. The monoisotopic (exact) mass is 259 g/mol. The first kappa shape index (κ1) is 12.8. The molecule has 0 spiro atoms. The van der Waals surface area contributed by atoms with Gasteiger partial charge >= 0.3 is 5.69 Å². The molecule has 19 heavy (non-hydrogen) atoms. The zero-order valence-electron chi connectivity index (χ0n) is 10.3. The van der Waals surface area contributed by atoms with Gasteiger partial charge in [0.1, 0.15) is 5.75 Å². The molecular formula is C13H13N3O3. The van der Waals surface area contributed by atoms with E-state index in [9.17, 15) is 15.2 Å². The number of benzene rings is 1. The minimum absolute atomic E-state index is 0.0127. The molecule has 0 atom stereocenters. The Bertz CT molecular complexity index is 597. The molecule has 0 fully saturated rings. The number of aryl methyl sites for hydroxylation is 1. The minimum Gasteiger partial charge on any atom is -0.508 e. The van der Waals surface area contributed by atoms with Gasteiger partial charge in [0.15, 0.2) is 0 Å². The first-order valence-corrected chi connectivity index (χ1v) is 5.69. The van der Waals surface area contributed by atoms with Gasteiger partial charge < -0.3 is 10.4 Å². The van der Waals surface area contributed by atoms with E-state index in [2.05, 4.69) is 10.3 Å². The van der Waals surface area contributed by atoms with Crippen molar-refractivity contribution in [2.24, 2.45) is 0 Å². The van der Waals surface area contributed by atoms with Crippen molar-refractivity contribution in [1.29, 1.82) is 0 Å². The average Bonchev–Trinajstić information content (AvgIpc) is 2.37. The summed E-state index contributed by atoms with van der Waals surface area (Å²) in [6.07, 6.45) is 1.53. The fourth-order valence-corrected chi connectivity index (χ4v) is 1.71. The molecule has 1 aromatic heterocycles. The van der Waals surface area contributed by atoms with E-state index in [4.69, 9.17) is 0 Å². The number of phenolic OH excluding ortho intramolecular Hbond substituents is 1. The Morgan fingerprint density at radius 2 is 2.00 bits per heavy atom. The van der Waals surface area contributed by atoms with Gasteiger partial charge in [-0.05, 0) is 30.7 Å². The highest BCUT2D eigenvalue weighted by Gasteiger charge is 2.17. The molecule has 0 amide bonds. The van der Waals surface area contributed by atoms with Crippen molar-refractivity contribution in [3.8, 4) is 5.75 Å². The van der Waals surface area contributed by atoms with Crippen LogP contribution >= 0.6 is 0 Å². The Labute approximate surface area is 109 Å². The summed E-state index contributed by atoms with van der Waals surface area (Å²) in [5.74, 6) is 0.432. The maximum atomic E-state index is 11.0. The van der Waals surface area contributed by atoms with Gasteiger partial charge in [-0.3, -0.25) is 10.1 Å². The second kappa shape index (κ2) is 5.34. The van der Waals surface area contributed by atoms with Crippen LogP contribution < -0.4 is 5.32 Å². The molecule has 0 bridgehead atoms. The van der Waals surface area contributed by atoms with Gasteiger partial charge in [0.25, 0.3) is 0 Å². The van der Waals surface area contributed by atoms with Gasteiger partial charge in [-0.1, -0.05) is 12.1 Å². The van der Waals surface area contributed by atoms with Crippen LogP contribution in [0.1, 0.15) is 11.1 Å². The smallest absolute Gasteiger partial charge is 0.314 e. The molecule has 2 aromatic rings. The van der Waals surface area contributed by atoms with Crippen LogP contribution in [0.2, 0.25) is 0 Å². The van der Waals surface area contributed by atoms with E-state index in [1.165, 1.54) is 6.20 Å². The predicted molar refractivity (Wildman–Crippen MR) is 71.1 cm³/mol. The third kappa shape index (κ3) is 2.98. The lowest BCUT2D eigenvalue weighted by molar-refractivity contribution is -0.384. The number of hydrogen-bond acceptors (Lipinski definition) is 5. The Morgan fingerprint density at radius 1 is 1.32 bits per heavy atom. The zero-order chi connectivity index (χ0) is 13.8. The molecule has 1 heterocycles. The third-order valence-electron chi connectivity index (χ3n) is 2.70. The van der Waals surface area contributed by atoms with E-state index in [-0.39, 0.29) is 17.3 Å². The number of phenols is 1. The van der Waals surface area contributed by atoms with Crippen LogP contribution in [0.25, 0.3) is 0 Å². The largest absolute Gasteiger partial charge is 0.508 e. The molecule has 0 radical (unpaired) electrons. The maximum absolute atomic E-state index is 11.0. The van der Waals surface area contributed by atoms with E-state index >= 15 is 0 Å². The summed E-state index contributed by atoms with van der Waals surface area (Å²) in [6, 6.07) is 8.21. The van der Waals surface area contributed by atoms with Crippen molar-refractivity contribution in [2.45, 2.75) is 13.5 Å². The molecule has 6 heteroatoms. The Kier molecular flexibility index (Phi) is 3.61. The highest BCUT2D eigenvalue weighted by Crippen LogP contribution is 2.25. The zero-order valence-corrected chi connectivity index (χ0v) is 10.3. The summed E-state index contributed by atoms with van der Waals surface area (Å²) < 4.78 is 0. The van der Waals surface area contributed by atoms with E-state index < -0.39 is 4.92 Å². The summed E-state index contributed by atoms with van der Waals surface area (Å²) in [7, 11) is 0. The van der Waals surface area contributed by atoms with E-state index in [0.29, 0.717) is 12.1 Å². The first-order valence-electron chi connectivity index (χ1n) is 5.69. The third-order valence-corrected chi connectivity index (χ3v) is 2.70. The van der Waals surface area contributed by atoms with Crippen molar-refractivity contribution in [1.82, 2.24) is 4.98 Å². The van der Waals surface area contributed by atoms with Crippen LogP contribution in [0.3, 0.4) is 0 Å². The molecule has 0 saturated heterocycles. The number of rotatable bonds is 4. The van der Waals surface area contributed by atoms with Crippen molar-refractivity contribution in [3.63, 3.8) is 0 Å². The fourth-order valence-electron chi connectivity index (χ4n) is 1.71. The number of nitrogens with zero attached hydrogens (tertiary/aromatic N) is 2. The summed E-state index contributed by atoms with van der Waals surface area (Å²) in [5, 5.41) is 23.1. The molecule has 0 aliphatic rings. The van der Waals surface area contributed by atoms with Crippen LogP contribution in [-0.4, -0.2) is 15.0 Å². The Morgan fingerprint density at radius 3 is 2.63 bits per heavy atom. The van der Waals surface area contributed by atoms with E-state index in [1.807, 2.05) is 0 Å². The normalized spacial score (nSPS) is 10.2. The molecule has 0 unspecified atom stereocenters. The number of aromatic nitrogens is 1. The Balaban J connectivity index is 2.18. The van der Waals surface area contributed by atoms with Gasteiger partial charge in [-0.2, -0.15) is 0 Å². The van der Waals surface area contributed by atoms with Gasteiger partial charge in [-0.25, -0.2) is 4.98 Å². The summed E-state index contributed by atoms with van der Waals surface area (Å²) in [4.78, 5) is 14.5. The second-order valence-electron chi connectivity index (χ2n) is 4.10. The molecule has 0 saturated carbocycles. The number of hydrogen-bond donors (Lipinski definition) is 2. The molecule has 98 valence electrons. The van der Waals surface area contributed by atoms with Crippen LogP contribution in [0.15, 0.2) is 36.5 Å². The van der Waals surface area contributed by atoms with Gasteiger partial charge in [0, 0.05) is 18.3 Å². The number of nitro groups is 1. The number of nitrogens with one attached hydrogen (secondary N) is 1. The van der Waals surface area contributed by atoms with Crippen LogP contribution in [0.5, 0.6) is 5.75 Å². The number of aromatic hydroxyl groups is 1. The summed E-state index contributed by atoms with van der Waals surface area (Å²) in [5.41, 5.74) is 1.45. The summed E-state index contributed by atoms with van der Waals surface area (Å²) in [6.45, 7) is 2.07. The van der Waals surface area contributed by atoms with Crippen molar-refractivity contribution in [2.75, 3.05) is 5.32 Å². The molecule has 0 aliphatic carbocycles. The van der Waals surface area contributed by atoms with Crippen molar-refractivity contribution < 1.29 is 10.0 Å².